The van der Waals surface area contributed by atoms with Gasteiger partial charge in [0, 0.05) is 5.56 Å². The van der Waals surface area contributed by atoms with Crippen molar-refractivity contribution in [1.29, 1.82) is 0 Å². The fourth-order valence-electron chi connectivity index (χ4n) is 1.62. The van der Waals surface area contributed by atoms with Crippen LogP contribution in [-0.2, 0) is 13.2 Å². The summed E-state index contributed by atoms with van der Waals surface area (Å²) < 4.78 is 5.65. The Morgan fingerprint density at radius 1 is 1.17 bits per heavy atom. The highest BCUT2D eigenvalue weighted by atomic mass is 35.5. The molecule has 2 rings (SSSR count). The summed E-state index contributed by atoms with van der Waals surface area (Å²) in [6.07, 6.45) is 0. The molecule has 0 aromatic heterocycles. The first-order chi connectivity index (χ1) is 8.70. The molecule has 0 fully saturated rings. The van der Waals surface area contributed by atoms with E-state index in [4.69, 9.17) is 22.1 Å². The van der Waals surface area contributed by atoms with Gasteiger partial charge in [0.25, 0.3) is 0 Å². The fourth-order valence-corrected chi connectivity index (χ4v) is 1.74. The van der Waals surface area contributed by atoms with Gasteiger partial charge in [-0.2, -0.15) is 0 Å². The number of anilines is 1. The SMILES string of the molecule is Nc1cc(COc2ccccc2CO)ccc1Cl. The summed E-state index contributed by atoms with van der Waals surface area (Å²) in [7, 11) is 0. The predicted molar refractivity (Wildman–Crippen MR) is 72.6 cm³/mol. The van der Waals surface area contributed by atoms with Crippen molar-refractivity contribution >= 4 is 17.3 Å². The van der Waals surface area contributed by atoms with Gasteiger partial charge in [0.15, 0.2) is 0 Å². The van der Waals surface area contributed by atoms with Crippen molar-refractivity contribution in [2.24, 2.45) is 0 Å². The van der Waals surface area contributed by atoms with Crippen LogP contribution in [0.3, 0.4) is 0 Å². The van der Waals surface area contributed by atoms with Gasteiger partial charge < -0.3 is 15.6 Å². The summed E-state index contributed by atoms with van der Waals surface area (Å²) in [5.41, 5.74) is 7.95. The molecule has 0 unspecified atom stereocenters. The van der Waals surface area contributed by atoms with Gasteiger partial charge in [0.2, 0.25) is 0 Å². The van der Waals surface area contributed by atoms with Gasteiger partial charge in [0.05, 0.1) is 17.3 Å². The Bertz CT molecular complexity index is 543. The number of hydrogen-bond acceptors (Lipinski definition) is 3. The first-order valence-corrected chi connectivity index (χ1v) is 5.94. The normalized spacial score (nSPS) is 10.3. The average Bonchev–Trinajstić information content (AvgIpc) is 2.40. The van der Waals surface area contributed by atoms with E-state index in [1.807, 2.05) is 30.3 Å². The highest BCUT2D eigenvalue weighted by Gasteiger charge is 2.03. The molecule has 0 aliphatic rings. The number of ether oxygens (including phenoxy) is 1. The molecule has 2 aromatic rings. The highest BCUT2D eigenvalue weighted by Crippen LogP contribution is 2.22. The van der Waals surface area contributed by atoms with Crippen LogP contribution < -0.4 is 10.5 Å². The molecular formula is C14H14ClNO2. The Kier molecular flexibility index (Phi) is 4.07. The monoisotopic (exact) mass is 263 g/mol. The van der Waals surface area contributed by atoms with Crippen molar-refractivity contribution in [3.05, 3.63) is 58.6 Å². The molecule has 18 heavy (non-hydrogen) atoms. The highest BCUT2D eigenvalue weighted by molar-refractivity contribution is 6.33. The van der Waals surface area contributed by atoms with Crippen molar-refractivity contribution in [2.75, 3.05) is 5.73 Å². The zero-order valence-electron chi connectivity index (χ0n) is 9.77. The van der Waals surface area contributed by atoms with Crippen LogP contribution in [0.5, 0.6) is 5.75 Å². The summed E-state index contributed by atoms with van der Waals surface area (Å²) in [5, 5.41) is 9.72. The summed E-state index contributed by atoms with van der Waals surface area (Å²) in [6, 6.07) is 12.8. The van der Waals surface area contributed by atoms with Crippen molar-refractivity contribution < 1.29 is 9.84 Å². The second kappa shape index (κ2) is 5.76. The third-order valence-electron chi connectivity index (χ3n) is 2.60. The Morgan fingerprint density at radius 3 is 2.67 bits per heavy atom. The molecule has 0 atom stereocenters. The topological polar surface area (TPSA) is 55.5 Å². The number of benzene rings is 2. The van der Waals surface area contributed by atoms with Crippen LogP contribution in [-0.4, -0.2) is 5.11 Å². The molecule has 0 heterocycles. The minimum Gasteiger partial charge on any atom is -0.489 e. The van der Waals surface area contributed by atoms with Gasteiger partial charge >= 0.3 is 0 Å². The molecule has 0 aliphatic heterocycles. The van der Waals surface area contributed by atoms with Crippen LogP contribution in [0.4, 0.5) is 5.69 Å². The number of para-hydroxylation sites is 1. The smallest absolute Gasteiger partial charge is 0.125 e. The minimum absolute atomic E-state index is 0.0427. The summed E-state index contributed by atoms with van der Waals surface area (Å²) in [6.45, 7) is 0.345. The molecule has 0 aliphatic carbocycles. The number of nitrogens with two attached hydrogens (primary N) is 1. The van der Waals surface area contributed by atoms with Crippen molar-refractivity contribution in [3.8, 4) is 5.75 Å². The lowest BCUT2D eigenvalue weighted by Gasteiger charge is -2.10. The number of nitrogen functional groups attached to an aromatic ring is 1. The van der Waals surface area contributed by atoms with E-state index < -0.39 is 0 Å². The lowest BCUT2D eigenvalue weighted by atomic mass is 10.2. The van der Waals surface area contributed by atoms with Gasteiger partial charge in [-0.15, -0.1) is 0 Å². The van der Waals surface area contributed by atoms with E-state index in [0.29, 0.717) is 23.1 Å². The van der Waals surface area contributed by atoms with Gasteiger partial charge in [-0.25, -0.2) is 0 Å². The van der Waals surface area contributed by atoms with Crippen LogP contribution in [0, 0.1) is 0 Å². The lowest BCUT2D eigenvalue weighted by molar-refractivity contribution is 0.259. The summed E-state index contributed by atoms with van der Waals surface area (Å²) in [5.74, 6) is 0.675. The van der Waals surface area contributed by atoms with Gasteiger partial charge in [0.1, 0.15) is 12.4 Å². The molecule has 0 bridgehead atoms. The second-order valence-electron chi connectivity index (χ2n) is 3.91. The molecular weight excluding hydrogens is 250 g/mol. The number of aliphatic hydroxyl groups is 1. The van der Waals surface area contributed by atoms with E-state index in [9.17, 15) is 5.11 Å². The summed E-state index contributed by atoms with van der Waals surface area (Å²) >= 11 is 5.85. The van der Waals surface area contributed by atoms with Crippen LogP contribution in [0.25, 0.3) is 0 Å². The number of halogens is 1. The third kappa shape index (κ3) is 2.94. The van der Waals surface area contributed by atoms with Crippen molar-refractivity contribution in [3.63, 3.8) is 0 Å². The number of hydrogen-bond donors (Lipinski definition) is 2. The van der Waals surface area contributed by atoms with Crippen LogP contribution in [0.2, 0.25) is 5.02 Å². The molecule has 3 nitrogen and oxygen atoms in total. The minimum atomic E-state index is -0.0427. The molecule has 0 saturated heterocycles. The summed E-state index contributed by atoms with van der Waals surface area (Å²) in [4.78, 5) is 0. The van der Waals surface area contributed by atoms with E-state index in [1.54, 1.807) is 12.1 Å². The first kappa shape index (κ1) is 12.7. The quantitative estimate of drug-likeness (QED) is 0.834. The maximum absolute atomic E-state index is 9.18. The Hall–Kier alpha value is -1.71. The van der Waals surface area contributed by atoms with E-state index in [2.05, 4.69) is 0 Å². The van der Waals surface area contributed by atoms with E-state index in [0.717, 1.165) is 11.1 Å². The maximum Gasteiger partial charge on any atom is 0.125 e. The van der Waals surface area contributed by atoms with E-state index in [-0.39, 0.29) is 6.61 Å². The van der Waals surface area contributed by atoms with Crippen LogP contribution in [0.15, 0.2) is 42.5 Å². The largest absolute Gasteiger partial charge is 0.489 e. The average molecular weight is 264 g/mol. The molecule has 0 radical (unpaired) electrons. The zero-order valence-corrected chi connectivity index (χ0v) is 10.5. The molecule has 0 spiro atoms. The van der Waals surface area contributed by atoms with Crippen molar-refractivity contribution in [1.82, 2.24) is 0 Å². The Labute approximate surface area is 111 Å². The fraction of sp³-hybridized carbons (Fsp3) is 0.143. The second-order valence-corrected chi connectivity index (χ2v) is 4.32. The molecule has 0 amide bonds. The molecule has 2 aromatic carbocycles. The van der Waals surface area contributed by atoms with E-state index in [1.165, 1.54) is 0 Å². The number of rotatable bonds is 4. The van der Waals surface area contributed by atoms with Crippen LogP contribution in [0.1, 0.15) is 11.1 Å². The van der Waals surface area contributed by atoms with Gasteiger partial charge in [-0.1, -0.05) is 35.9 Å². The van der Waals surface area contributed by atoms with Gasteiger partial charge in [-0.3, -0.25) is 0 Å². The standard InChI is InChI=1S/C14H14ClNO2/c15-12-6-5-10(7-13(12)16)9-18-14-4-2-1-3-11(14)8-17/h1-7,17H,8-9,16H2. The molecule has 3 N–H and O–H groups in total. The third-order valence-corrected chi connectivity index (χ3v) is 2.94. The molecule has 4 heteroatoms. The molecule has 0 saturated carbocycles. The Balaban J connectivity index is 2.09. The molecule has 94 valence electrons. The lowest BCUT2D eigenvalue weighted by Crippen LogP contribution is -1.99. The number of aliphatic hydroxyl groups excluding tert-OH is 1. The first-order valence-electron chi connectivity index (χ1n) is 5.56. The predicted octanol–water partition coefficient (Wildman–Crippen LogP) is 2.99. The zero-order chi connectivity index (χ0) is 13.0. The van der Waals surface area contributed by atoms with Crippen molar-refractivity contribution in [2.45, 2.75) is 13.2 Å². The van der Waals surface area contributed by atoms with E-state index >= 15 is 0 Å². The Morgan fingerprint density at radius 2 is 1.94 bits per heavy atom. The van der Waals surface area contributed by atoms with Crippen LogP contribution >= 0.6 is 11.6 Å². The maximum atomic E-state index is 9.18. The van der Waals surface area contributed by atoms with Gasteiger partial charge in [-0.05, 0) is 23.8 Å².